The minimum atomic E-state index is -1.21. The lowest BCUT2D eigenvalue weighted by molar-refractivity contribution is 0.0698. The Morgan fingerprint density at radius 1 is 1.08 bits per heavy atom. The molecule has 12 heavy (non-hydrogen) atoms. The van der Waals surface area contributed by atoms with Crippen molar-refractivity contribution >= 4 is 6.03 Å². The van der Waals surface area contributed by atoms with Gasteiger partial charge in [0.25, 0.3) is 0 Å². The molecule has 0 unspecified atom stereocenters. The van der Waals surface area contributed by atoms with E-state index < -0.39 is 31.4 Å². The maximum Gasteiger partial charge on any atom is 0.309 e. The molecule has 0 aliphatic carbocycles. The first-order valence-corrected chi connectivity index (χ1v) is 3.08. The van der Waals surface area contributed by atoms with Crippen LogP contribution in [0.2, 0.25) is 0 Å². The predicted octanol–water partition coefficient (Wildman–Crippen LogP) is -3.32. The molecule has 0 heterocycles. The van der Waals surface area contributed by atoms with Crippen LogP contribution in [0.1, 0.15) is 0 Å². The molecule has 0 aromatic rings. The molecule has 2 amide bonds. The second kappa shape index (κ2) is 6.80. The molecule has 0 aromatic heterocycles. The summed E-state index contributed by atoms with van der Waals surface area (Å²) in [6.45, 7) is -1.21. The Balaban J connectivity index is 0. The Morgan fingerprint density at radius 3 is 1.25 bits per heavy atom. The Labute approximate surface area is 69.8 Å². The van der Waals surface area contributed by atoms with Crippen LogP contribution in [-0.2, 0) is 0 Å². The van der Waals surface area contributed by atoms with Gasteiger partial charge in [0, 0.05) is 0 Å². The molecule has 0 saturated heterocycles. The van der Waals surface area contributed by atoms with Gasteiger partial charge in [0.15, 0.2) is 0 Å². The van der Waals surface area contributed by atoms with E-state index in [2.05, 4.69) is 11.5 Å². The fourth-order valence-electron chi connectivity index (χ4n) is 0.150. The summed E-state index contributed by atoms with van der Waals surface area (Å²) >= 11 is 0. The molecule has 0 rings (SSSR count). The predicted molar refractivity (Wildman–Crippen MR) is 41.9 cm³/mol. The van der Waals surface area contributed by atoms with E-state index in [1.54, 1.807) is 0 Å². The highest BCUT2D eigenvalue weighted by Gasteiger charge is 2.20. The maximum absolute atomic E-state index is 9.00. The van der Waals surface area contributed by atoms with Gasteiger partial charge in [-0.3, -0.25) is 0 Å². The quantitative estimate of drug-likeness (QED) is 0.269. The van der Waals surface area contributed by atoms with Crippen molar-refractivity contribution in [3.05, 3.63) is 0 Å². The minimum Gasteiger partial charge on any atom is -0.394 e. The number of carbonyl (C=O) groups excluding carboxylic acids is 1. The molecule has 0 aliphatic rings. The Hall–Kier alpha value is -0.890. The number of hydrogen-bond acceptors (Lipinski definition) is 5. The highest BCUT2D eigenvalue weighted by Crippen LogP contribution is 1.93. The number of amides is 2. The van der Waals surface area contributed by atoms with E-state index in [9.17, 15) is 0 Å². The van der Waals surface area contributed by atoms with Crippen LogP contribution in [-0.4, -0.2) is 46.7 Å². The largest absolute Gasteiger partial charge is 0.394 e. The smallest absolute Gasteiger partial charge is 0.309 e. The third-order valence-corrected chi connectivity index (χ3v) is 0.945. The van der Waals surface area contributed by atoms with Crippen molar-refractivity contribution in [1.82, 2.24) is 0 Å². The molecule has 7 heteroatoms. The van der Waals surface area contributed by atoms with Crippen LogP contribution >= 0.6 is 0 Å². The molecular weight excluding hydrogens is 166 g/mol. The molecule has 74 valence electrons. The van der Waals surface area contributed by atoms with Crippen LogP contribution in [0.25, 0.3) is 0 Å². The monoisotopic (exact) mass is 181 g/mol. The van der Waals surface area contributed by atoms with Gasteiger partial charge >= 0.3 is 6.03 Å². The molecule has 0 aliphatic heterocycles. The van der Waals surface area contributed by atoms with E-state index in [1.807, 2.05) is 0 Å². The molecule has 0 spiro atoms. The van der Waals surface area contributed by atoms with Crippen LogP contribution in [0.4, 0.5) is 4.79 Å². The Kier molecular flexibility index (Phi) is 7.75. The van der Waals surface area contributed by atoms with Crippen LogP contribution < -0.4 is 17.2 Å². The van der Waals surface area contributed by atoms with Gasteiger partial charge in [0.2, 0.25) is 0 Å². The third kappa shape index (κ3) is 9.11. The second-order valence-electron chi connectivity index (χ2n) is 2.24. The van der Waals surface area contributed by atoms with Gasteiger partial charge in [-0.2, -0.15) is 0 Å². The summed E-state index contributed by atoms with van der Waals surface area (Å²) in [6.07, 6.45) is 0. The maximum atomic E-state index is 9.00. The SMILES string of the molecule is NC(CO)(CO)CO.NC(N)=O. The van der Waals surface area contributed by atoms with Crippen molar-refractivity contribution < 1.29 is 20.1 Å². The zero-order chi connectivity index (χ0) is 10.2. The summed E-state index contributed by atoms with van der Waals surface area (Å²) in [7, 11) is 0. The molecular formula is C5H15N3O4. The first-order valence-electron chi connectivity index (χ1n) is 3.08. The van der Waals surface area contributed by atoms with Gasteiger partial charge in [-0.1, -0.05) is 0 Å². The summed E-state index contributed by atoms with van der Waals surface area (Å²) in [5.74, 6) is 0. The molecule has 0 atom stereocenters. The number of aliphatic hydroxyl groups excluding tert-OH is 3. The second-order valence-corrected chi connectivity index (χ2v) is 2.24. The van der Waals surface area contributed by atoms with Crippen LogP contribution in [0.5, 0.6) is 0 Å². The topological polar surface area (TPSA) is 156 Å². The van der Waals surface area contributed by atoms with Gasteiger partial charge in [-0.15, -0.1) is 0 Å². The average Bonchev–Trinajstić information content (AvgIpc) is 2.02. The summed E-state index contributed by atoms with van der Waals surface area (Å²) in [5.41, 5.74) is 12.4. The van der Waals surface area contributed by atoms with E-state index in [0.717, 1.165) is 0 Å². The Bertz CT molecular complexity index is 114. The number of hydrogen-bond donors (Lipinski definition) is 6. The fourth-order valence-corrected chi connectivity index (χ4v) is 0.150. The van der Waals surface area contributed by atoms with Gasteiger partial charge in [0.1, 0.15) is 0 Å². The first kappa shape index (κ1) is 13.7. The van der Waals surface area contributed by atoms with Crippen LogP contribution in [0.15, 0.2) is 0 Å². The lowest BCUT2D eigenvalue weighted by Gasteiger charge is -2.20. The van der Waals surface area contributed by atoms with Crippen LogP contribution in [0.3, 0.4) is 0 Å². The number of nitrogens with two attached hydrogens (primary N) is 3. The number of rotatable bonds is 3. The summed E-state index contributed by atoms with van der Waals surface area (Å²) in [5, 5.41) is 25.0. The van der Waals surface area contributed by atoms with Gasteiger partial charge in [-0.05, 0) is 0 Å². The average molecular weight is 181 g/mol. The summed E-state index contributed by atoms with van der Waals surface area (Å²) in [6, 6.07) is -0.833. The third-order valence-electron chi connectivity index (χ3n) is 0.945. The van der Waals surface area contributed by atoms with Crippen molar-refractivity contribution in [2.45, 2.75) is 5.54 Å². The van der Waals surface area contributed by atoms with Crippen LogP contribution in [0, 0.1) is 0 Å². The van der Waals surface area contributed by atoms with E-state index >= 15 is 0 Å². The first-order chi connectivity index (χ1) is 5.41. The van der Waals surface area contributed by atoms with Crippen molar-refractivity contribution in [2.75, 3.05) is 19.8 Å². The number of primary amides is 2. The lowest BCUT2D eigenvalue weighted by Crippen LogP contribution is -2.50. The van der Waals surface area contributed by atoms with Gasteiger partial charge < -0.3 is 32.5 Å². The fraction of sp³-hybridized carbons (Fsp3) is 0.800. The lowest BCUT2D eigenvalue weighted by atomic mass is 10.1. The molecule has 0 aromatic carbocycles. The minimum absolute atomic E-state index is 0.403. The van der Waals surface area contributed by atoms with Gasteiger partial charge in [0.05, 0.1) is 25.4 Å². The molecule has 0 radical (unpaired) electrons. The number of urea groups is 1. The van der Waals surface area contributed by atoms with E-state index in [0.29, 0.717) is 0 Å². The van der Waals surface area contributed by atoms with Crippen molar-refractivity contribution in [3.63, 3.8) is 0 Å². The van der Waals surface area contributed by atoms with E-state index in [1.165, 1.54) is 0 Å². The van der Waals surface area contributed by atoms with Crippen molar-refractivity contribution in [3.8, 4) is 0 Å². The number of carbonyl (C=O) groups is 1. The molecule has 0 bridgehead atoms. The van der Waals surface area contributed by atoms with E-state index in [4.69, 9.17) is 25.8 Å². The van der Waals surface area contributed by atoms with Crippen molar-refractivity contribution in [1.29, 1.82) is 0 Å². The highest BCUT2D eigenvalue weighted by atomic mass is 16.3. The summed E-state index contributed by atoms with van der Waals surface area (Å²) < 4.78 is 0. The number of aliphatic hydroxyl groups is 3. The molecule has 9 N–H and O–H groups in total. The van der Waals surface area contributed by atoms with Crippen molar-refractivity contribution in [2.24, 2.45) is 17.2 Å². The standard InChI is InChI=1S/C4H11NO3.CH4N2O/c5-4(1-6,2-7)3-8;2-1(3)4/h6-8H,1-3,5H2;(H4,2,3,4). The molecule has 7 nitrogen and oxygen atoms in total. The summed E-state index contributed by atoms with van der Waals surface area (Å²) in [4.78, 5) is 9.00. The van der Waals surface area contributed by atoms with Gasteiger partial charge in [-0.25, -0.2) is 4.79 Å². The Morgan fingerprint density at radius 2 is 1.25 bits per heavy atom. The zero-order valence-electron chi connectivity index (χ0n) is 6.60. The zero-order valence-corrected chi connectivity index (χ0v) is 6.60. The molecule has 0 fully saturated rings. The normalized spacial score (nSPS) is 10.0. The highest BCUT2D eigenvalue weighted by molar-refractivity contribution is 5.69. The molecule has 0 saturated carbocycles. The van der Waals surface area contributed by atoms with E-state index in [-0.39, 0.29) is 0 Å².